The second kappa shape index (κ2) is 4.49. The first-order valence-electron chi connectivity index (χ1n) is 6.93. The second-order valence-corrected chi connectivity index (χ2v) is 6.38. The molecule has 0 aliphatic carbocycles. The van der Waals surface area contributed by atoms with Crippen LogP contribution in [-0.2, 0) is 9.53 Å². The van der Waals surface area contributed by atoms with Gasteiger partial charge in [-0.25, -0.2) is 0 Å². The summed E-state index contributed by atoms with van der Waals surface area (Å²) in [5.74, 6) is 0.525. The Kier molecular flexibility index (Phi) is 3.45. The van der Waals surface area contributed by atoms with E-state index in [0.717, 1.165) is 0 Å². The highest BCUT2D eigenvalue weighted by Crippen LogP contribution is 2.37. The fourth-order valence-corrected chi connectivity index (χ4v) is 3.04. The van der Waals surface area contributed by atoms with Crippen LogP contribution >= 0.6 is 0 Å². The molecule has 2 fully saturated rings. The molecule has 4 atom stereocenters. The zero-order valence-electron chi connectivity index (χ0n) is 12.0. The van der Waals surface area contributed by atoms with Crippen LogP contribution in [0.2, 0.25) is 0 Å². The van der Waals surface area contributed by atoms with E-state index in [1.807, 2.05) is 27.7 Å². The van der Waals surface area contributed by atoms with Crippen LogP contribution in [0, 0.1) is 17.8 Å². The van der Waals surface area contributed by atoms with Crippen molar-refractivity contribution < 1.29 is 14.6 Å². The van der Waals surface area contributed by atoms with Gasteiger partial charge in [0, 0.05) is 0 Å². The van der Waals surface area contributed by atoms with Gasteiger partial charge >= 0.3 is 0 Å². The van der Waals surface area contributed by atoms with Crippen molar-refractivity contribution in [2.24, 2.45) is 17.8 Å². The number of β-amino-alcohol motifs (C(OH)–C–C–N with tert-alkyl or cyclic N) is 1. The van der Waals surface area contributed by atoms with Gasteiger partial charge in [0.2, 0.25) is 5.91 Å². The molecule has 0 bridgehead atoms. The molecule has 4 unspecified atom stereocenters. The van der Waals surface area contributed by atoms with Crippen molar-refractivity contribution in [2.45, 2.75) is 52.4 Å². The Morgan fingerprint density at radius 2 is 1.83 bits per heavy atom. The smallest absolute Gasteiger partial charge is 0.228 e. The Bertz CT molecular complexity index is 336. The Hall–Kier alpha value is -0.610. The van der Waals surface area contributed by atoms with Gasteiger partial charge in [0.15, 0.2) is 0 Å². The molecule has 2 saturated heterocycles. The fourth-order valence-electron chi connectivity index (χ4n) is 3.04. The number of likely N-dealkylation sites (tertiary alicyclic amines) is 1. The molecule has 4 heteroatoms. The number of hydrogen-bond acceptors (Lipinski definition) is 3. The van der Waals surface area contributed by atoms with Crippen LogP contribution < -0.4 is 0 Å². The van der Waals surface area contributed by atoms with Gasteiger partial charge in [-0.3, -0.25) is 4.79 Å². The maximum absolute atomic E-state index is 12.4. The van der Waals surface area contributed by atoms with Crippen molar-refractivity contribution in [2.75, 3.05) is 13.1 Å². The van der Waals surface area contributed by atoms with Crippen LogP contribution in [0.3, 0.4) is 0 Å². The van der Waals surface area contributed by atoms with Crippen LogP contribution in [0.25, 0.3) is 0 Å². The van der Waals surface area contributed by atoms with Gasteiger partial charge in [-0.15, -0.1) is 0 Å². The van der Waals surface area contributed by atoms with Gasteiger partial charge in [0.25, 0.3) is 0 Å². The summed E-state index contributed by atoms with van der Waals surface area (Å²) in [6, 6.07) is 0. The molecule has 1 amide bonds. The Labute approximate surface area is 109 Å². The van der Waals surface area contributed by atoms with Gasteiger partial charge in [0.1, 0.15) is 5.60 Å². The van der Waals surface area contributed by atoms with Gasteiger partial charge in [0.05, 0.1) is 31.2 Å². The third-order valence-electron chi connectivity index (χ3n) is 4.84. The van der Waals surface area contributed by atoms with Crippen LogP contribution in [0.5, 0.6) is 0 Å². The van der Waals surface area contributed by atoms with E-state index in [0.29, 0.717) is 13.1 Å². The maximum Gasteiger partial charge on any atom is 0.228 e. The Balaban J connectivity index is 1.98. The van der Waals surface area contributed by atoms with Crippen molar-refractivity contribution in [1.82, 2.24) is 4.90 Å². The summed E-state index contributed by atoms with van der Waals surface area (Å²) in [7, 11) is 0. The molecule has 2 aliphatic heterocycles. The molecular formula is C14H25NO3. The van der Waals surface area contributed by atoms with Crippen LogP contribution in [-0.4, -0.2) is 46.8 Å². The summed E-state index contributed by atoms with van der Waals surface area (Å²) in [6.45, 7) is 11.0. The van der Waals surface area contributed by atoms with Gasteiger partial charge in [-0.1, -0.05) is 20.8 Å². The van der Waals surface area contributed by atoms with Crippen molar-refractivity contribution in [3.05, 3.63) is 0 Å². The lowest BCUT2D eigenvalue weighted by molar-refractivity contribution is -0.169. The number of aliphatic hydroxyl groups is 1. The SMILES string of the molecule is CC1OC(C)C(C(=O)N2CC(O)(C(C)C)C2)C1C. The number of carbonyl (C=O) groups is 1. The lowest BCUT2D eigenvalue weighted by atomic mass is 9.80. The molecule has 0 aromatic carbocycles. The van der Waals surface area contributed by atoms with E-state index in [1.54, 1.807) is 4.90 Å². The molecule has 2 rings (SSSR count). The molecule has 1 N–H and O–H groups in total. The predicted molar refractivity (Wildman–Crippen MR) is 69.0 cm³/mol. The zero-order valence-corrected chi connectivity index (χ0v) is 12.0. The summed E-state index contributed by atoms with van der Waals surface area (Å²) in [5.41, 5.74) is -0.687. The number of ether oxygens (including phenoxy) is 1. The molecule has 2 aliphatic rings. The highest BCUT2D eigenvalue weighted by atomic mass is 16.5. The first-order valence-corrected chi connectivity index (χ1v) is 6.93. The normalized spacial score (nSPS) is 38.9. The van der Waals surface area contributed by atoms with Gasteiger partial charge in [-0.2, -0.15) is 0 Å². The van der Waals surface area contributed by atoms with E-state index in [4.69, 9.17) is 4.74 Å². The highest BCUT2D eigenvalue weighted by Gasteiger charge is 2.50. The summed E-state index contributed by atoms with van der Waals surface area (Å²) in [4.78, 5) is 14.2. The number of carbonyl (C=O) groups excluding carboxylic acids is 1. The molecule has 2 heterocycles. The average Bonchev–Trinajstić information content (AvgIpc) is 2.47. The summed E-state index contributed by atoms with van der Waals surface area (Å²) >= 11 is 0. The second-order valence-electron chi connectivity index (χ2n) is 6.38. The van der Waals surface area contributed by atoms with Gasteiger partial charge in [-0.05, 0) is 25.7 Å². The molecule has 104 valence electrons. The molecule has 0 radical (unpaired) electrons. The quantitative estimate of drug-likeness (QED) is 0.808. The van der Waals surface area contributed by atoms with E-state index in [-0.39, 0.29) is 35.9 Å². The maximum atomic E-state index is 12.4. The number of nitrogens with zero attached hydrogens (tertiary/aromatic N) is 1. The third kappa shape index (κ3) is 2.05. The summed E-state index contributed by atoms with van der Waals surface area (Å²) < 4.78 is 5.72. The summed E-state index contributed by atoms with van der Waals surface area (Å²) in [6.07, 6.45) is 0.120. The molecule has 4 nitrogen and oxygen atoms in total. The first kappa shape index (κ1) is 13.8. The van der Waals surface area contributed by atoms with E-state index >= 15 is 0 Å². The van der Waals surface area contributed by atoms with E-state index in [1.165, 1.54) is 0 Å². The van der Waals surface area contributed by atoms with E-state index < -0.39 is 5.60 Å². The van der Waals surface area contributed by atoms with Crippen molar-refractivity contribution >= 4 is 5.91 Å². The largest absolute Gasteiger partial charge is 0.386 e. The Morgan fingerprint density at radius 3 is 2.22 bits per heavy atom. The average molecular weight is 255 g/mol. The van der Waals surface area contributed by atoms with Crippen molar-refractivity contribution in [3.63, 3.8) is 0 Å². The number of hydrogen-bond donors (Lipinski definition) is 1. The standard InChI is InChI=1S/C14H25NO3/c1-8(2)14(17)6-15(7-14)13(16)12-9(3)10(4)18-11(12)5/h8-12,17H,6-7H2,1-5H3. The fraction of sp³-hybridized carbons (Fsp3) is 0.929. The predicted octanol–water partition coefficient (Wildman–Crippen LogP) is 1.28. The lowest BCUT2D eigenvalue weighted by Crippen LogP contribution is -2.67. The van der Waals surface area contributed by atoms with Gasteiger partial charge < -0.3 is 14.7 Å². The zero-order chi connectivity index (χ0) is 13.7. The molecule has 0 aromatic rings. The molecule has 0 aromatic heterocycles. The highest BCUT2D eigenvalue weighted by molar-refractivity contribution is 5.81. The summed E-state index contributed by atoms with van der Waals surface area (Å²) in [5, 5.41) is 10.2. The number of rotatable bonds is 2. The Morgan fingerprint density at radius 1 is 1.28 bits per heavy atom. The van der Waals surface area contributed by atoms with Crippen LogP contribution in [0.1, 0.15) is 34.6 Å². The molecule has 0 saturated carbocycles. The molecule has 18 heavy (non-hydrogen) atoms. The van der Waals surface area contributed by atoms with E-state index in [2.05, 4.69) is 6.92 Å². The minimum Gasteiger partial charge on any atom is -0.386 e. The van der Waals surface area contributed by atoms with Crippen molar-refractivity contribution in [1.29, 1.82) is 0 Å². The topological polar surface area (TPSA) is 49.8 Å². The molecule has 0 spiro atoms. The van der Waals surface area contributed by atoms with Crippen molar-refractivity contribution in [3.8, 4) is 0 Å². The van der Waals surface area contributed by atoms with Crippen LogP contribution in [0.4, 0.5) is 0 Å². The monoisotopic (exact) mass is 255 g/mol. The molecular weight excluding hydrogens is 230 g/mol. The minimum absolute atomic E-state index is 0.0183. The third-order valence-corrected chi connectivity index (χ3v) is 4.84. The first-order chi connectivity index (χ1) is 8.26. The number of amides is 1. The minimum atomic E-state index is -0.687. The van der Waals surface area contributed by atoms with Crippen LogP contribution in [0.15, 0.2) is 0 Å². The van der Waals surface area contributed by atoms with E-state index in [9.17, 15) is 9.90 Å². The lowest BCUT2D eigenvalue weighted by Gasteiger charge is -2.50.